The van der Waals surface area contributed by atoms with Crippen LogP contribution in [0.15, 0.2) is 29.2 Å². The van der Waals surface area contributed by atoms with Crippen LogP contribution in [0.3, 0.4) is 0 Å². The summed E-state index contributed by atoms with van der Waals surface area (Å²) in [4.78, 5) is 14.3. The monoisotopic (exact) mass is 342 g/mol. The van der Waals surface area contributed by atoms with E-state index in [1.807, 2.05) is 13.8 Å². The first-order valence-corrected chi connectivity index (χ1v) is 9.38. The minimum absolute atomic E-state index is 0.00834. The largest absolute Gasteiger partial charge is 0.343 e. The first kappa shape index (κ1) is 17.9. The van der Waals surface area contributed by atoms with Crippen LogP contribution < -0.4 is 0 Å². The lowest BCUT2D eigenvalue weighted by atomic mass is 9.98. The Morgan fingerprint density at radius 3 is 2.43 bits per heavy atom. The fraction of sp³-hybridized carbons (Fsp3) is 0.562. The molecule has 0 N–H and O–H groups in total. The number of amides is 1. The summed E-state index contributed by atoms with van der Waals surface area (Å²) >= 11 is 0. The summed E-state index contributed by atoms with van der Waals surface area (Å²) in [5.41, 5.74) is 0. The standard InChI is InChI=1S/C16H23FN2O3S/c1-3-18(4-2)16(20)13-6-5-11-19(12-13)23(21,22)15-9-7-14(17)8-10-15/h7-10,13H,3-6,11-12H2,1-2H3/t13-/m0/s1. The molecule has 7 heteroatoms. The molecule has 2 rings (SSSR count). The minimum Gasteiger partial charge on any atom is -0.343 e. The summed E-state index contributed by atoms with van der Waals surface area (Å²) < 4.78 is 39.6. The van der Waals surface area contributed by atoms with E-state index in [9.17, 15) is 17.6 Å². The first-order chi connectivity index (χ1) is 10.9. The summed E-state index contributed by atoms with van der Waals surface area (Å²) in [5, 5.41) is 0. The molecule has 1 heterocycles. The first-order valence-electron chi connectivity index (χ1n) is 7.94. The van der Waals surface area contributed by atoms with E-state index in [0.29, 0.717) is 32.5 Å². The van der Waals surface area contributed by atoms with Crippen molar-refractivity contribution in [2.75, 3.05) is 26.2 Å². The number of hydrogen-bond donors (Lipinski definition) is 0. The van der Waals surface area contributed by atoms with Gasteiger partial charge in [0.1, 0.15) is 5.82 Å². The Kier molecular flexibility index (Phi) is 5.75. The highest BCUT2D eigenvalue weighted by Crippen LogP contribution is 2.25. The number of carbonyl (C=O) groups is 1. The van der Waals surface area contributed by atoms with Gasteiger partial charge in [-0.3, -0.25) is 4.79 Å². The van der Waals surface area contributed by atoms with Gasteiger partial charge in [0.15, 0.2) is 0 Å². The number of benzene rings is 1. The maximum Gasteiger partial charge on any atom is 0.243 e. The number of hydrogen-bond acceptors (Lipinski definition) is 3. The Morgan fingerprint density at radius 1 is 1.26 bits per heavy atom. The highest BCUT2D eigenvalue weighted by Gasteiger charge is 2.34. The van der Waals surface area contributed by atoms with Gasteiger partial charge < -0.3 is 4.90 Å². The Hall–Kier alpha value is -1.47. The van der Waals surface area contributed by atoms with Crippen LogP contribution in [0.4, 0.5) is 4.39 Å². The van der Waals surface area contributed by atoms with Crippen LogP contribution in [0.2, 0.25) is 0 Å². The van der Waals surface area contributed by atoms with Gasteiger partial charge in [-0.2, -0.15) is 4.31 Å². The van der Waals surface area contributed by atoms with Crippen LogP contribution >= 0.6 is 0 Å². The van der Waals surface area contributed by atoms with Crippen LogP contribution in [-0.4, -0.2) is 49.7 Å². The molecule has 23 heavy (non-hydrogen) atoms. The number of piperidine rings is 1. The van der Waals surface area contributed by atoms with Crippen molar-refractivity contribution in [3.05, 3.63) is 30.1 Å². The molecule has 1 aliphatic heterocycles. The van der Waals surface area contributed by atoms with Crippen LogP contribution in [0.25, 0.3) is 0 Å². The van der Waals surface area contributed by atoms with Crippen molar-refractivity contribution >= 4 is 15.9 Å². The van der Waals surface area contributed by atoms with E-state index >= 15 is 0 Å². The number of rotatable bonds is 5. The number of nitrogens with zero attached hydrogens (tertiary/aromatic N) is 2. The van der Waals surface area contributed by atoms with Crippen LogP contribution in [-0.2, 0) is 14.8 Å². The summed E-state index contributed by atoms with van der Waals surface area (Å²) in [6, 6.07) is 4.80. The molecular formula is C16H23FN2O3S. The van der Waals surface area contributed by atoms with Gasteiger partial charge in [-0.1, -0.05) is 0 Å². The fourth-order valence-electron chi connectivity index (χ4n) is 2.91. The molecule has 1 aromatic carbocycles. The predicted octanol–water partition coefficient (Wildman–Crippen LogP) is 2.09. The maximum absolute atomic E-state index is 13.0. The SMILES string of the molecule is CCN(CC)C(=O)[C@H]1CCCN(S(=O)(=O)c2ccc(F)cc2)C1. The lowest BCUT2D eigenvalue weighted by molar-refractivity contribution is -0.136. The molecule has 1 saturated heterocycles. The number of sulfonamides is 1. The van der Waals surface area contributed by atoms with Crippen molar-refractivity contribution in [2.45, 2.75) is 31.6 Å². The van der Waals surface area contributed by atoms with Gasteiger partial charge in [-0.15, -0.1) is 0 Å². The van der Waals surface area contributed by atoms with Gasteiger partial charge in [0, 0.05) is 26.2 Å². The molecule has 128 valence electrons. The van der Waals surface area contributed by atoms with Crippen LogP contribution in [0.1, 0.15) is 26.7 Å². The van der Waals surface area contributed by atoms with Gasteiger partial charge in [-0.05, 0) is 51.0 Å². The molecule has 0 unspecified atom stereocenters. The highest BCUT2D eigenvalue weighted by molar-refractivity contribution is 7.89. The van der Waals surface area contributed by atoms with Crippen molar-refractivity contribution in [3.63, 3.8) is 0 Å². The zero-order valence-electron chi connectivity index (χ0n) is 13.5. The van der Waals surface area contributed by atoms with Gasteiger partial charge in [0.25, 0.3) is 0 Å². The molecule has 5 nitrogen and oxygen atoms in total. The second-order valence-corrected chi connectivity index (χ2v) is 7.60. The Bertz CT molecular complexity index is 642. The third-order valence-corrected chi connectivity index (χ3v) is 6.14. The Morgan fingerprint density at radius 2 is 1.87 bits per heavy atom. The zero-order chi connectivity index (χ0) is 17.0. The van der Waals surface area contributed by atoms with Gasteiger partial charge in [0.05, 0.1) is 10.8 Å². The Balaban J connectivity index is 2.17. The Labute approximate surface area is 137 Å². The van der Waals surface area contributed by atoms with E-state index in [4.69, 9.17) is 0 Å². The highest BCUT2D eigenvalue weighted by atomic mass is 32.2. The molecule has 1 aromatic rings. The van der Waals surface area contributed by atoms with Crippen LogP contribution in [0, 0.1) is 11.7 Å². The van der Waals surface area contributed by atoms with Crippen LogP contribution in [0.5, 0.6) is 0 Å². The van der Waals surface area contributed by atoms with E-state index in [0.717, 1.165) is 12.1 Å². The van der Waals surface area contributed by atoms with Gasteiger partial charge >= 0.3 is 0 Å². The van der Waals surface area contributed by atoms with Crippen molar-refractivity contribution in [1.29, 1.82) is 0 Å². The minimum atomic E-state index is -3.69. The summed E-state index contributed by atoms with van der Waals surface area (Å²) in [7, 11) is -3.69. The molecule has 1 amide bonds. The van der Waals surface area contributed by atoms with E-state index in [1.54, 1.807) is 4.90 Å². The summed E-state index contributed by atoms with van der Waals surface area (Å²) in [6.45, 7) is 5.65. The average molecular weight is 342 g/mol. The van der Waals surface area contributed by atoms with E-state index in [-0.39, 0.29) is 23.3 Å². The smallest absolute Gasteiger partial charge is 0.243 e. The normalized spacial score (nSPS) is 19.5. The van der Waals surface area contributed by atoms with Crippen molar-refractivity contribution < 1.29 is 17.6 Å². The average Bonchev–Trinajstić information content (AvgIpc) is 2.56. The lowest BCUT2D eigenvalue weighted by Gasteiger charge is -2.33. The van der Waals surface area contributed by atoms with E-state index in [1.165, 1.54) is 16.4 Å². The fourth-order valence-corrected chi connectivity index (χ4v) is 4.44. The molecule has 0 spiro atoms. The molecule has 0 bridgehead atoms. The topological polar surface area (TPSA) is 57.7 Å². The second-order valence-electron chi connectivity index (χ2n) is 5.67. The van der Waals surface area contributed by atoms with Gasteiger partial charge in [0.2, 0.25) is 15.9 Å². The summed E-state index contributed by atoms with van der Waals surface area (Å²) in [6.07, 6.45) is 1.35. The third-order valence-electron chi connectivity index (χ3n) is 4.26. The molecule has 0 aliphatic carbocycles. The molecular weight excluding hydrogens is 319 g/mol. The predicted molar refractivity (Wildman–Crippen MR) is 85.8 cm³/mol. The van der Waals surface area contributed by atoms with E-state index < -0.39 is 15.8 Å². The van der Waals surface area contributed by atoms with Crippen molar-refractivity contribution in [1.82, 2.24) is 9.21 Å². The quantitative estimate of drug-likeness (QED) is 0.823. The summed E-state index contributed by atoms with van der Waals surface area (Å²) in [5.74, 6) is -0.773. The van der Waals surface area contributed by atoms with Crippen molar-refractivity contribution in [3.8, 4) is 0 Å². The molecule has 0 aromatic heterocycles. The van der Waals surface area contributed by atoms with E-state index in [2.05, 4.69) is 0 Å². The number of carbonyl (C=O) groups excluding carboxylic acids is 1. The lowest BCUT2D eigenvalue weighted by Crippen LogP contribution is -2.46. The molecule has 0 radical (unpaired) electrons. The van der Waals surface area contributed by atoms with Crippen molar-refractivity contribution in [2.24, 2.45) is 5.92 Å². The molecule has 1 fully saturated rings. The molecule has 0 saturated carbocycles. The maximum atomic E-state index is 13.0. The van der Waals surface area contributed by atoms with Gasteiger partial charge in [-0.25, -0.2) is 12.8 Å². The second kappa shape index (κ2) is 7.40. The molecule has 1 aliphatic rings. The molecule has 1 atom stereocenters. The zero-order valence-corrected chi connectivity index (χ0v) is 14.4. The third kappa shape index (κ3) is 3.90. The number of halogens is 1.